The van der Waals surface area contributed by atoms with Crippen molar-refractivity contribution in [2.24, 2.45) is 0 Å². The summed E-state index contributed by atoms with van der Waals surface area (Å²) in [6, 6.07) is 3.07. The zero-order valence-electron chi connectivity index (χ0n) is 7.16. The molecule has 14 heavy (non-hydrogen) atoms. The van der Waals surface area contributed by atoms with E-state index in [4.69, 9.17) is 22.4 Å². The van der Waals surface area contributed by atoms with Gasteiger partial charge in [-0.05, 0) is 24.4 Å². The second-order valence-corrected chi connectivity index (χ2v) is 3.20. The Labute approximate surface area is 85.6 Å². The number of hydrogen-bond donors (Lipinski definition) is 2. The highest BCUT2D eigenvalue weighted by Crippen LogP contribution is 2.11. The van der Waals surface area contributed by atoms with Crippen LogP contribution < -0.4 is 0 Å². The van der Waals surface area contributed by atoms with E-state index in [1.807, 2.05) is 0 Å². The van der Waals surface area contributed by atoms with Crippen molar-refractivity contribution in [2.75, 3.05) is 0 Å². The van der Waals surface area contributed by atoms with Gasteiger partial charge in [-0.15, -0.1) is 0 Å². The number of nitrogens with zero attached hydrogens (tertiary/aromatic N) is 2. The summed E-state index contributed by atoms with van der Waals surface area (Å²) in [6.45, 7) is 0. The molecule has 0 aliphatic carbocycles. The summed E-state index contributed by atoms with van der Waals surface area (Å²) < 4.78 is 3.17. The van der Waals surface area contributed by atoms with E-state index in [2.05, 4.69) is 0 Å². The molecule has 0 atom stereocenters. The first kappa shape index (κ1) is 8.83. The topological polar surface area (TPSA) is 50.3 Å². The highest BCUT2D eigenvalue weighted by molar-refractivity contribution is 7.80. The van der Waals surface area contributed by atoms with E-state index in [1.54, 1.807) is 21.5 Å². The van der Waals surface area contributed by atoms with Gasteiger partial charge in [0.05, 0.1) is 12.4 Å². The Bertz CT molecular complexity index is 430. The van der Waals surface area contributed by atoms with Crippen LogP contribution in [0.4, 0.5) is 0 Å². The van der Waals surface area contributed by atoms with E-state index >= 15 is 0 Å². The molecule has 0 spiro atoms. The smallest absolute Gasteiger partial charge is 0.188 e. The molecular weight excluding hydrogens is 200 g/mol. The number of rotatable bonds is 0. The van der Waals surface area contributed by atoms with Crippen molar-refractivity contribution < 1.29 is 10.2 Å². The van der Waals surface area contributed by atoms with E-state index in [0.29, 0.717) is 5.11 Å². The fourth-order valence-electron chi connectivity index (χ4n) is 1.14. The molecular formula is C9H8N2O2S. The lowest BCUT2D eigenvalue weighted by Crippen LogP contribution is -2.15. The quantitative estimate of drug-likeness (QED) is 0.643. The first-order chi connectivity index (χ1) is 6.66. The van der Waals surface area contributed by atoms with Gasteiger partial charge in [0, 0.05) is 12.4 Å². The van der Waals surface area contributed by atoms with Crippen LogP contribution in [-0.4, -0.2) is 24.5 Å². The van der Waals surface area contributed by atoms with Crippen molar-refractivity contribution in [3.05, 3.63) is 36.9 Å². The fourth-order valence-corrected chi connectivity index (χ4v) is 1.37. The van der Waals surface area contributed by atoms with Gasteiger partial charge in [0.1, 0.15) is 11.5 Å². The molecule has 2 aromatic rings. The van der Waals surface area contributed by atoms with Gasteiger partial charge in [-0.1, -0.05) is 0 Å². The third-order valence-corrected chi connectivity index (χ3v) is 2.22. The van der Waals surface area contributed by atoms with Gasteiger partial charge in [-0.2, -0.15) is 0 Å². The molecule has 0 aromatic carbocycles. The molecule has 0 saturated carbocycles. The van der Waals surface area contributed by atoms with E-state index in [9.17, 15) is 0 Å². The number of aromatic hydroxyl groups is 2. The fraction of sp³-hybridized carbons (Fsp3) is 0. The van der Waals surface area contributed by atoms with E-state index in [0.717, 1.165) is 0 Å². The third-order valence-electron chi connectivity index (χ3n) is 1.80. The van der Waals surface area contributed by atoms with Crippen molar-refractivity contribution in [3.8, 4) is 11.5 Å². The lowest BCUT2D eigenvalue weighted by atomic mass is 10.6. The number of hydrogen-bond acceptors (Lipinski definition) is 3. The Morgan fingerprint density at radius 2 is 1.43 bits per heavy atom. The van der Waals surface area contributed by atoms with Crippen LogP contribution in [0, 0.1) is 0 Å². The van der Waals surface area contributed by atoms with Crippen molar-refractivity contribution in [3.63, 3.8) is 0 Å². The van der Waals surface area contributed by atoms with Crippen LogP contribution in [0.15, 0.2) is 36.9 Å². The van der Waals surface area contributed by atoms with Gasteiger partial charge >= 0.3 is 0 Å². The Morgan fingerprint density at radius 1 is 1.00 bits per heavy atom. The number of aromatic nitrogens is 2. The molecule has 0 amide bonds. The summed E-state index contributed by atoms with van der Waals surface area (Å²) in [7, 11) is 0. The second kappa shape index (κ2) is 3.19. The van der Waals surface area contributed by atoms with E-state index in [1.165, 1.54) is 24.5 Å². The lowest BCUT2D eigenvalue weighted by Gasteiger charge is -2.04. The second-order valence-electron chi connectivity index (χ2n) is 2.84. The minimum absolute atomic E-state index is 0.156. The van der Waals surface area contributed by atoms with Crippen LogP contribution >= 0.6 is 12.2 Å². The Hall–Kier alpha value is -1.75. The zero-order chi connectivity index (χ0) is 10.1. The summed E-state index contributed by atoms with van der Waals surface area (Å²) >= 11 is 5.12. The highest BCUT2D eigenvalue weighted by Gasteiger charge is 2.03. The lowest BCUT2D eigenvalue weighted by molar-refractivity contribution is 0.475. The molecule has 5 heteroatoms. The number of thiocarbonyl (C=S) groups is 1. The van der Waals surface area contributed by atoms with Crippen LogP contribution in [0.25, 0.3) is 0 Å². The van der Waals surface area contributed by atoms with Crippen molar-refractivity contribution in [2.45, 2.75) is 0 Å². The summed E-state index contributed by atoms with van der Waals surface area (Å²) in [6.07, 6.45) is 6.29. The Balaban J connectivity index is 2.33. The van der Waals surface area contributed by atoms with Crippen LogP contribution in [0.2, 0.25) is 0 Å². The maximum Gasteiger partial charge on any atom is 0.188 e. The molecule has 0 fully saturated rings. The van der Waals surface area contributed by atoms with Gasteiger partial charge in [0.15, 0.2) is 5.11 Å². The minimum atomic E-state index is 0.156. The van der Waals surface area contributed by atoms with Crippen molar-refractivity contribution >= 4 is 17.3 Å². The van der Waals surface area contributed by atoms with Gasteiger partial charge in [-0.3, -0.25) is 9.13 Å². The molecule has 0 bridgehead atoms. The molecule has 2 rings (SSSR count). The zero-order valence-corrected chi connectivity index (χ0v) is 7.98. The van der Waals surface area contributed by atoms with E-state index in [-0.39, 0.29) is 11.5 Å². The summed E-state index contributed by atoms with van der Waals surface area (Å²) in [5, 5.41) is 18.7. The minimum Gasteiger partial charge on any atom is -0.506 e. The molecule has 2 heterocycles. The van der Waals surface area contributed by atoms with Gasteiger partial charge in [-0.25, -0.2) is 0 Å². The molecule has 0 radical (unpaired) electrons. The molecule has 0 aliphatic rings. The molecule has 72 valence electrons. The standard InChI is InChI=1S/C9H8N2O2S/c12-7-1-3-10(5-7)9(14)11-4-2-8(13)6-11/h1-6,12-13H. The van der Waals surface area contributed by atoms with Gasteiger partial charge < -0.3 is 10.2 Å². The van der Waals surface area contributed by atoms with Gasteiger partial charge in [0.2, 0.25) is 0 Å². The highest BCUT2D eigenvalue weighted by atomic mass is 32.1. The van der Waals surface area contributed by atoms with Gasteiger partial charge in [0.25, 0.3) is 0 Å². The van der Waals surface area contributed by atoms with Crippen LogP contribution in [-0.2, 0) is 0 Å². The molecule has 4 nitrogen and oxygen atoms in total. The monoisotopic (exact) mass is 208 g/mol. The molecule has 0 aliphatic heterocycles. The predicted molar refractivity (Wildman–Crippen MR) is 55.6 cm³/mol. The first-order valence-corrected chi connectivity index (χ1v) is 4.36. The largest absolute Gasteiger partial charge is 0.506 e. The average Bonchev–Trinajstić information content (AvgIpc) is 2.73. The normalized spacial score (nSPS) is 10.3. The SMILES string of the molecule is Oc1ccn(C(=S)n2ccc(O)c2)c1. The predicted octanol–water partition coefficient (Wildman–Crippen LogP) is 1.38. The Morgan fingerprint density at radius 3 is 1.71 bits per heavy atom. The molecule has 2 N–H and O–H groups in total. The third kappa shape index (κ3) is 1.49. The molecule has 2 aromatic heterocycles. The Kier molecular flexibility index (Phi) is 2.01. The first-order valence-electron chi connectivity index (χ1n) is 3.95. The van der Waals surface area contributed by atoms with Crippen LogP contribution in [0.3, 0.4) is 0 Å². The van der Waals surface area contributed by atoms with Crippen molar-refractivity contribution in [1.82, 2.24) is 9.13 Å². The summed E-state index contributed by atoms with van der Waals surface area (Å²) in [5.74, 6) is 0.312. The molecule has 0 saturated heterocycles. The maximum absolute atomic E-state index is 9.11. The van der Waals surface area contributed by atoms with E-state index < -0.39 is 0 Å². The van der Waals surface area contributed by atoms with Crippen LogP contribution in [0.1, 0.15) is 0 Å². The van der Waals surface area contributed by atoms with Crippen molar-refractivity contribution in [1.29, 1.82) is 0 Å². The van der Waals surface area contributed by atoms with Crippen LogP contribution in [0.5, 0.6) is 11.5 Å². The summed E-state index contributed by atoms with van der Waals surface area (Å²) in [4.78, 5) is 0. The maximum atomic E-state index is 9.11. The average molecular weight is 208 g/mol. The molecule has 0 unspecified atom stereocenters. The summed E-state index contributed by atoms with van der Waals surface area (Å²) in [5.41, 5.74) is 0.